The average molecular weight is 249 g/mol. The van der Waals surface area contributed by atoms with Gasteiger partial charge >= 0.3 is 0 Å². The van der Waals surface area contributed by atoms with Gasteiger partial charge in [0, 0.05) is 18.8 Å². The zero-order chi connectivity index (χ0) is 10.2. The fourth-order valence-corrected chi connectivity index (χ4v) is 3.65. The van der Waals surface area contributed by atoms with E-state index in [4.69, 9.17) is 12.2 Å². The number of hydrogen-bond acceptors (Lipinski definition) is 3. The zero-order valence-electron chi connectivity index (χ0n) is 8.83. The van der Waals surface area contributed by atoms with Crippen molar-refractivity contribution >= 4 is 40.1 Å². The van der Waals surface area contributed by atoms with E-state index in [1.807, 2.05) is 11.8 Å². The van der Waals surface area contributed by atoms with Crippen LogP contribution in [0.15, 0.2) is 0 Å². The summed E-state index contributed by atoms with van der Waals surface area (Å²) in [6.45, 7) is 4.59. The van der Waals surface area contributed by atoms with Gasteiger partial charge in [-0.3, -0.25) is 0 Å². The van der Waals surface area contributed by atoms with Crippen LogP contribution in [0.5, 0.6) is 0 Å². The Labute approximate surface area is 101 Å². The van der Waals surface area contributed by atoms with Gasteiger partial charge in [-0.05, 0) is 24.3 Å². The largest absolute Gasteiger partial charge is 0.357 e. The summed E-state index contributed by atoms with van der Waals surface area (Å²) >= 11 is 9.16. The van der Waals surface area contributed by atoms with Crippen LogP contribution in [-0.2, 0) is 0 Å². The molecule has 0 unspecified atom stereocenters. The molecule has 0 aromatic heterocycles. The lowest BCUT2D eigenvalue weighted by molar-refractivity contribution is 0.468. The first-order valence-electron chi connectivity index (χ1n) is 5.34. The smallest absolute Gasteiger partial charge is 0.136 e. The molecule has 1 saturated heterocycles. The Morgan fingerprint density at radius 1 is 1.43 bits per heavy atom. The van der Waals surface area contributed by atoms with Gasteiger partial charge in [0.15, 0.2) is 0 Å². The zero-order valence-corrected chi connectivity index (χ0v) is 11.3. The Kier molecular flexibility index (Phi) is 7.08. The molecule has 0 aliphatic carbocycles. The third-order valence-electron chi connectivity index (χ3n) is 2.20. The minimum absolute atomic E-state index is 1.11. The maximum atomic E-state index is 5.24. The van der Waals surface area contributed by atoms with Gasteiger partial charge in [-0.15, -0.1) is 0 Å². The van der Waals surface area contributed by atoms with Crippen LogP contribution >= 0.6 is 35.7 Å². The van der Waals surface area contributed by atoms with Gasteiger partial charge in [-0.1, -0.05) is 37.3 Å². The molecule has 0 saturated carbocycles. The summed E-state index contributed by atoms with van der Waals surface area (Å²) in [5.74, 6) is 3.82. The van der Waals surface area contributed by atoms with Crippen LogP contribution in [0.2, 0.25) is 0 Å². The second kappa shape index (κ2) is 7.83. The normalized spacial score (nSPS) is 16.6. The minimum atomic E-state index is 1.11. The molecule has 4 heteroatoms. The summed E-state index contributed by atoms with van der Waals surface area (Å²) < 4.78 is 1.11. The van der Waals surface area contributed by atoms with Crippen molar-refractivity contribution < 1.29 is 0 Å². The number of nitrogens with zero attached hydrogens (tertiary/aromatic N) is 1. The number of rotatable bonds is 7. The van der Waals surface area contributed by atoms with Crippen molar-refractivity contribution in [1.29, 1.82) is 0 Å². The van der Waals surface area contributed by atoms with Crippen LogP contribution in [0, 0.1) is 0 Å². The molecule has 0 aromatic rings. The van der Waals surface area contributed by atoms with Gasteiger partial charge in [-0.25, -0.2) is 0 Å². The van der Waals surface area contributed by atoms with Crippen molar-refractivity contribution in [2.45, 2.75) is 26.2 Å². The molecule has 82 valence electrons. The number of unbranched alkanes of at least 4 members (excludes halogenated alkanes) is 1. The maximum Gasteiger partial charge on any atom is 0.136 e. The Morgan fingerprint density at radius 3 is 2.86 bits per heavy atom. The maximum absolute atomic E-state index is 5.24. The predicted molar refractivity (Wildman–Crippen MR) is 73.5 cm³/mol. The molecule has 1 aliphatic rings. The molecule has 0 amide bonds. The van der Waals surface area contributed by atoms with Gasteiger partial charge < -0.3 is 4.90 Å². The Morgan fingerprint density at radius 2 is 2.21 bits per heavy atom. The first kappa shape index (κ1) is 12.7. The van der Waals surface area contributed by atoms with Crippen molar-refractivity contribution in [1.82, 2.24) is 4.90 Å². The average Bonchev–Trinajstić information content (AvgIpc) is 2.58. The summed E-state index contributed by atoms with van der Waals surface area (Å²) in [5, 5.41) is 0. The Balaban J connectivity index is 1.90. The first-order valence-corrected chi connectivity index (χ1v) is 7.89. The highest BCUT2D eigenvalue weighted by molar-refractivity contribution is 8.23. The standard InChI is InChI=1S/C10H19NS3/c1-2-3-7-13-8-4-5-11-6-9-14-10(11)12/h2-9H2,1H3. The molecule has 1 nitrogen and oxygen atoms in total. The second-order valence-electron chi connectivity index (χ2n) is 3.42. The van der Waals surface area contributed by atoms with Gasteiger partial charge in [0.25, 0.3) is 0 Å². The van der Waals surface area contributed by atoms with Crippen LogP contribution in [0.25, 0.3) is 0 Å². The fourth-order valence-electron chi connectivity index (χ4n) is 1.33. The van der Waals surface area contributed by atoms with E-state index in [-0.39, 0.29) is 0 Å². The van der Waals surface area contributed by atoms with E-state index in [0.29, 0.717) is 0 Å². The van der Waals surface area contributed by atoms with Crippen molar-refractivity contribution in [2.75, 3.05) is 30.3 Å². The van der Waals surface area contributed by atoms with Gasteiger partial charge in [0.05, 0.1) is 0 Å². The van der Waals surface area contributed by atoms with Gasteiger partial charge in [0.2, 0.25) is 0 Å². The lowest BCUT2D eigenvalue weighted by Crippen LogP contribution is -2.24. The number of hydrogen-bond donors (Lipinski definition) is 0. The van der Waals surface area contributed by atoms with Gasteiger partial charge in [-0.2, -0.15) is 11.8 Å². The third-order valence-corrected chi connectivity index (χ3v) is 4.86. The molecule has 0 bridgehead atoms. The molecule has 0 N–H and O–H groups in total. The van der Waals surface area contributed by atoms with Crippen LogP contribution in [-0.4, -0.2) is 39.6 Å². The van der Waals surface area contributed by atoms with Crippen molar-refractivity contribution in [3.8, 4) is 0 Å². The molecular weight excluding hydrogens is 230 g/mol. The van der Waals surface area contributed by atoms with Crippen molar-refractivity contribution in [3.63, 3.8) is 0 Å². The third kappa shape index (κ3) is 4.89. The van der Waals surface area contributed by atoms with E-state index in [0.717, 1.165) is 4.32 Å². The van der Waals surface area contributed by atoms with Crippen LogP contribution in [0.1, 0.15) is 26.2 Å². The monoisotopic (exact) mass is 249 g/mol. The molecule has 1 fully saturated rings. The summed E-state index contributed by atoms with van der Waals surface area (Å²) in [6, 6.07) is 0. The quantitative estimate of drug-likeness (QED) is 0.503. The minimum Gasteiger partial charge on any atom is -0.357 e. The van der Waals surface area contributed by atoms with E-state index in [1.54, 1.807) is 0 Å². The fraction of sp³-hybridized carbons (Fsp3) is 0.900. The van der Waals surface area contributed by atoms with E-state index in [2.05, 4.69) is 23.6 Å². The lowest BCUT2D eigenvalue weighted by atomic mass is 10.4. The molecule has 1 aliphatic heterocycles. The lowest BCUT2D eigenvalue weighted by Gasteiger charge is -2.15. The summed E-state index contributed by atoms with van der Waals surface area (Å²) in [6.07, 6.45) is 3.97. The highest BCUT2D eigenvalue weighted by atomic mass is 32.2. The van der Waals surface area contributed by atoms with Gasteiger partial charge in [0.1, 0.15) is 4.32 Å². The van der Waals surface area contributed by atoms with Crippen molar-refractivity contribution in [3.05, 3.63) is 0 Å². The molecule has 0 radical (unpaired) electrons. The molecule has 0 atom stereocenters. The van der Waals surface area contributed by atoms with E-state index < -0.39 is 0 Å². The SMILES string of the molecule is CCCCSCCCN1CCSC1=S. The molecule has 1 rings (SSSR count). The number of thioether (sulfide) groups is 2. The molecule has 14 heavy (non-hydrogen) atoms. The van der Waals surface area contributed by atoms with E-state index in [1.165, 1.54) is 49.6 Å². The molecular formula is C10H19NS3. The van der Waals surface area contributed by atoms with E-state index >= 15 is 0 Å². The molecule has 1 heterocycles. The number of thiocarbonyl (C=S) groups is 1. The predicted octanol–water partition coefficient (Wildman–Crippen LogP) is 3.24. The van der Waals surface area contributed by atoms with Crippen molar-refractivity contribution in [2.24, 2.45) is 0 Å². The molecule has 0 spiro atoms. The molecule has 0 aromatic carbocycles. The van der Waals surface area contributed by atoms with Crippen LogP contribution in [0.3, 0.4) is 0 Å². The summed E-state index contributed by atoms with van der Waals surface area (Å²) in [7, 11) is 0. The topological polar surface area (TPSA) is 3.24 Å². The highest BCUT2D eigenvalue weighted by Crippen LogP contribution is 2.18. The second-order valence-corrected chi connectivity index (χ2v) is 6.37. The Bertz CT molecular complexity index is 173. The van der Waals surface area contributed by atoms with Crippen LogP contribution in [0.4, 0.5) is 0 Å². The van der Waals surface area contributed by atoms with E-state index in [9.17, 15) is 0 Å². The summed E-state index contributed by atoms with van der Waals surface area (Å²) in [5.41, 5.74) is 0. The Hall–Kier alpha value is 0.590. The highest BCUT2D eigenvalue weighted by Gasteiger charge is 2.15. The first-order chi connectivity index (χ1) is 6.84. The van der Waals surface area contributed by atoms with Crippen LogP contribution < -0.4 is 0 Å². The summed E-state index contributed by atoms with van der Waals surface area (Å²) in [4.78, 5) is 2.35.